The van der Waals surface area contributed by atoms with Crippen LogP contribution in [0.5, 0.6) is 0 Å². The van der Waals surface area contributed by atoms with Gasteiger partial charge in [0.15, 0.2) is 0 Å². The molecule has 1 heterocycles. The average molecular weight is 239 g/mol. The lowest BCUT2D eigenvalue weighted by molar-refractivity contribution is 1.07. The van der Waals surface area contributed by atoms with Gasteiger partial charge in [0.1, 0.15) is 24.5 Å². The summed E-state index contributed by atoms with van der Waals surface area (Å²) in [6, 6.07) is 13.8. The van der Waals surface area contributed by atoms with Crippen LogP contribution >= 0.6 is 0 Å². The first-order chi connectivity index (χ1) is 8.88. The van der Waals surface area contributed by atoms with Crippen LogP contribution in [0.1, 0.15) is 5.56 Å². The molecule has 0 saturated carbocycles. The highest BCUT2D eigenvalue weighted by Gasteiger charge is 1.98. The number of benzene rings is 1. The monoisotopic (exact) mass is 239 g/mol. The molecule has 1 aromatic carbocycles. The van der Waals surface area contributed by atoms with Crippen LogP contribution in [0.3, 0.4) is 0 Å². The van der Waals surface area contributed by atoms with E-state index in [0.717, 1.165) is 5.82 Å². The fourth-order valence-corrected chi connectivity index (χ4v) is 1.47. The van der Waals surface area contributed by atoms with Crippen LogP contribution in [0.15, 0.2) is 42.7 Å². The number of hydrogen-bond donors (Lipinski definition) is 2. The van der Waals surface area contributed by atoms with E-state index in [9.17, 15) is 0 Å². The molecule has 0 unspecified atom stereocenters. The van der Waals surface area contributed by atoms with Crippen LogP contribution in [-0.4, -0.2) is 16.5 Å². The number of anilines is 2. The second-order valence-corrected chi connectivity index (χ2v) is 3.64. The molecule has 0 fully saturated rings. The molecule has 0 spiro atoms. The highest BCUT2D eigenvalue weighted by atomic mass is 15.1. The fraction of sp³-hybridized carbons (Fsp3) is 0.154. The van der Waals surface area contributed by atoms with Gasteiger partial charge in [-0.2, -0.15) is 5.26 Å². The summed E-state index contributed by atoms with van der Waals surface area (Å²) in [6.45, 7) is 0.935. The van der Waals surface area contributed by atoms with Gasteiger partial charge in [-0.15, -0.1) is 0 Å². The summed E-state index contributed by atoms with van der Waals surface area (Å²) in [5.74, 6) is 1.37. The Morgan fingerprint density at radius 1 is 1.06 bits per heavy atom. The SMILES string of the molecule is N#CCNc1cc(NCc2ccccc2)ncn1. The van der Waals surface area contributed by atoms with Gasteiger partial charge in [-0.3, -0.25) is 0 Å². The molecule has 0 amide bonds. The summed E-state index contributed by atoms with van der Waals surface area (Å²) in [4.78, 5) is 8.14. The number of hydrogen-bond acceptors (Lipinski definition) is 5. The Morgan fingerprint density at radius 2 is 1.78 bits per heavy atom. The average Bonchev–Trinajstić information content (AvgIpc) is 2.44. The van der Waals surface area contributed by atoms with E-state index in [-0.39, 0.29) is 6.54 Å². The van der Waals surface area contributed by atoms with E-state index in [2.05, 4.69) is 20.6 Å². The van der Waals surface area contributed by atoms with Gasteiger partial charge >= 0.3 is 0 Å². The molecule has 0 aliphatic carbocycles. The number of nitrogens with one attached hydrogen (secondary N) is 2. The van der Waals surface area contributed by atoms with Crippen LogP contribution in [0.4, 0.5) is 11.6 Å². The molecule has 0 saturated heterocycles. The van der Waals surface area contributed by atoms with E-state index in [4.69, 9.17) is 5.26 Å². The molecule has 2 N–H and O–H groups in total. The standard InChI is InChI=1S/C13H13N5/c14-6-7-15-12-8-13(18-10-17-12)16-9-11-4-2-1-3-5-11/h1-5,8,10H,7,9H2,(H2,15,16,17,18). The van der Waals surface area contributed by atoms with Gasteiger partial charge in [0, 0.05) is 12.6 Å². The minimum atomic E-state index is 0.231. The zero-order chi connectivity index (χ0) is 12.6. The topological polar surface area (TPSA) is 73.6 Å². The summed E-state index contributed by atoms with van der Waals surface area (Å²) in [7, 11) is 0. The first-order valence-corrected chi connectivity index (χ1v) is 5.59. The van der Waals surface area contributed by atoms with Crippen molar-refractivity contribution in [2.45, 2.75) is 6.54 Å². The Balaban J connectivity index is 1.95. The van der Waals surface area contributed by atoms with Crippen molar-refractivity contribution in [2.75, 3.05) is 17.2 Å². The van der Waals surface area contributed by atoms with Crippen molar-refractivity contribution >= 4 is 11.6 Å². The Hall–Kier alpha value is -2.61. The Morgan fingerprint density at radius 3 is 2.50 bits per heavy atom. The molecule has 90 valence electrons. The van der Waals surface area contributed by atoms with E-state index in [1.165, 1.54) is 11.9 Å². The highest BCUT2D eigenvalue weighted by Crippen LogP contribution is 2.09. The summed E-state index contributed by atoms with van der Waals surface area (Å²) in [5, 5.41) is 14.6. The molecular weight excluding hydrogens is 226 g/mol. The highest BCUT2D eigenvalue weighted by molar-refractivity contribution is 5.47. The maximum Gasteiger partial charge on any atom is 0.132 e. The largest absolute Gasteiger partial charge is 0.366 e. The molecule has 18 heavy (non-hydrogen) atoms. The molecule has 2 aromatic rings. The van der Waals surface area contributed by atoms with Gasteiger partial charge in [0.05, 0.1) is 6.07 Å². The summed E-state index contributed by atoms with van der Waals surface area (Å²) in [5.41, 5.74) is 1.18. The van der Waals surface area contributed by atoms with Crippen molar-refractivity contribution in [3.05, 3.63) is 48.3 Å². The third kappa shape index (κ3) is 3.46. The number of nitrogens with zero attached hydrogens (tertiary/aromatic N) is 3. The number of aromatic nitrogens is 2. The van der Waals surface area contributed by atoms with E-state index in [0.29, 0.717) is 12.4 Å². The van der Waals surface area contributed by atoms with Gasteiger partial charge in [-0.25, -0.2) is 9.97 Å². The Bertz CT molecular complexity index is 533. The normalized spacial score (nSPS) is 9.50. The maximum absolute atomic E-state index is 8.48. The van der Waals surface area contributed by atoms with Crippen LogP contribution in [0.25, 0.3) is 0 Å². The Labute approximate surface area is 106 Å². The van der Waals surface area contributed by atoms with Crippen molar-refractivity contribution in [1.29, 1.82) is 5.26 Å². The predicted octanol–water partition coefficient (Wildman–Crippen LogP) is 2.02. The van der Waals surface area contributed by atoms with Crippen molar-refractivity contribution in [3.8, 4) is 6.07 Å². The molecule has 0 bridgehead atoms. The lowest BCUT2D eigenvalue weighted by Gasteiger charge is -2.07. The minimum Gasteiger partial charge on any atom is -0.366 e. The first kappa shape index (κ1) is 11.9. The molecule has 0 aliphatic heterocycles. The zero-order valence-electron chi connectivity index (χ0n) is 9.80. The van der Waals surface area contributed by atoms with Crippen molar-refractivity contribution in [3.63, 3.8) is 0 Å². The minimum absolute atomic E-state index is 0.231. The second-order valence-electron chi connectivity index (χ2n) is 3.64. The smallest absolute Gasteiger partial charge is 0.132 e. The van der Waals surface area contributed by atoms with Crippen LogP contribution in [-0.2, 0) is 6.54 Å². The van der Waals surface area contributed by atoms with Gasteiger partial charge in [0.2, 0.25) is 0 Å². The maximum atomic E-state index is 8.48. The molecule has 0 radical (unpaired) electrons. The van der Waals surface area contributed by atoms with E-state index < -0.39 is 0 Å². The predicted molar refractivity (Wildman–Crippen MR) is 69.9 cm³/mol. The molecular formula is C13H13N5. The number of nitriles is 1. The molecule has 2 rings (SSSR count). The lowest BCUT2D eigenvalue weighted by atomic mass is 10.2. The van der Waals surface area contributed by atoms with E-state index >= 15 is 0 Å². The van der Waals surface area contributed by atoms with Gasteiger partial charge in [-0.1, -0.05) is 30.3 Å². The lowest BCUT2D eigenvalue weighted by Crippen LogP contribution is -2.05. The van der Waals surface area contributed by atoms with Crippen molar-refractivity contribution < 1.29 is 0 Å². The summed E-state index contributed by atoms with van der Waals surface area (Å²) in [6.07, 6.45) is 1.47. The van der Waals surface area contributed by atoms with Crippen molar-refractivity contribution in [1.82, 2.24) is 9.97 Å². The zero-order valence-corrected chi connectivity index (χ0v) is 9.80. The molecule has 1 aromatic heterocycles. The third-order valence-electron chi connectivity index (χ3n) is 2.33. The molecule has 0 atom stereocenters. The van der Waals surface area contributed by atoms with Crippen LogP contribution < -0.4 is 10.6 Å². The number of rotatable bonds is 5. The Kier molecular flexibility index (Phi) is 4.09. The van der Waals surface area contributed by atoms with Gasteiger partial charge in [0.25, 0.3) is 0 Å². The quantitative estimate of drug-likeness (QED) is 0.781. The van der Waals surface area contributed by atoms with E-state index in [1.54, 1.807) is 6.07 Å². The summed E-state index contributed by atoms with van der Waals surface area (Å²) < 4.78 is 0. The summed E-state index contributed by atoms with van der Waals surface area (Å²) >= 11 is 0. The van der Waals surface area contributed by atoms with Crippen molar-refractivity contribution in [2.24, 2.45) is 0 Å². The van der Waals surface area contributed by atoms with Gasteiger partial charge < -0.3 is 10.6 Å². The molecule has 0 aliphatic rings. The van der Waals surface area contributed by atoms with Crippen LogP contribution in [0.2, 0.25) is 0 Å². The third-order valence-corrected chi connectivity index (χ3v) is 2.33. The fourth-order valence-electron chi connectivity index (χ4n) is 1.47. The van der Waals surface area contributed by atoms with E-state index in [1.807, 2.05) is 36.4 Å². The van der Waals surface area contributed by atoms with Gasteiger partial charge in [-0.05, 0) is 5.56 Å². The second kappa shape index (κ2) is 6.21. The first-order valence-electron chi connectivity index (χ1n) is 5.59. The molecule has 5 heteroatoms. The molecule has 5 nitrogen and oxygen atoms in total. The van der Waals surface area contributed by atoms with Crippen LogP contribution in [0, 0.1) is 11.3 Å².